The predicted molar refractivity (Wildman–Crippen MR) is 127 cm³/mol. The summed E-state index contributed by atoms with van der Waals surface area (Å²) >= 11 is 5.90. The molecule has 0 aliphatic carbocycles. The zero-order valence-corrected chi connectivity index (χ0v) is 18.9. The van der Waals surface area contributed by atoms with Crippen LogP contribution in [0.1, 0.15) is 24.8 Å². The van der Waals surface area contributed by atoms with Crippen LogP contribution in [-0.2, 0) is 4.79 Å². The van der Waals surface area contributed by atoms with E-state index in [1.165, 1.54) is 0 Å². The quantitative estimate of drug-likeness (QED) is 0.357. The molecular weight excluding hydrogens is 440 g/mol. The van der Waals surface area contributed by atoms with E-state index in [4.69, 9.17) is 30.5 Å². The predicted octanol–water partition coefficient (Wildman–Crippen LogP) is 5.90. The monoisotopic (exact) mass is 462 g/mol. The van der Waals surface area contributed by atoms with E-state index < -0.39 is 0 Å². The average Bonchev–Trinajstić information content (AvgIpc) is 3.50. The van der Waals surface area contributed by atoms with Crippen LogP contribution >= 0.6 is 11.6 Å². The van der Waals surface area contributed by atoms with Crippen molar-refractivity contribution in [2.75, 3.05) is 20.3 Å². The molecule has 0 spiro atoms. The summed E-state index contributed by atoms with van der Waals surface area (Å²) < 4.78 is 17.2. The van der Waals surface area contributed by atoms with Gasteiger partial charge >= 0.3 is 0 Å². The molecule has 168 valence electrons. The van der Waals surface area contributed by atoms with Crippen molar-refractivity contribution in [3.8, 4) is 22.6 Å². The second kappa shape index (κ2) is 9.16. The van der Waals surface area contributed by atoms with Gasteiger partial charge in [0.25, 0.3) is 5.91 Å². The standard InChI is InChI=1S/C26H23ClN2O4/c1-31-23-7-3-2-5-20(23)17-8-13-24-21(15-17)28-26(33-24)22-6-4-14-29(22)25(30)16-32-19-11-9-18(27)10-12-19/h2-3,5,7-13,15,22H,4,6,14,16H2,1H3. The van der Waals surface area contributed by atoms with Crippen LogP contribution in [-0.4, -0.2) is 36.1 Å². The van der Waals surface area contributed by atoms with Crippen LogP contribution in [0.5, 0.6) is 11.5 Å². The smallest absolute Gasteiger partial charge is 0.261 e. The van der Waals surface area contributed by atoms with Crippen LogP contribution in [0.4, 0.5) is 0 Å². The molecule has 1 fully saturated rings. The summed E-state index contributed by atoms with van der Waals surface area (Å²) in [4.78, 5) is 19.4. The van der Waals surface area contributed by atoms with Crippen LogP contribution in [0.2, 0.25) is 5.02 Å². The second-order valence-corrected chi connectivity index (χ2v) is 8.36. The number of para-hydroxylation sites is 1. The van der Waals surface area contributed by atoms with Crippen LogP contribution in [0.3, 0.4) is 0 Å². The largest absolute Gasteiger partial charge is 0.496 e. The van der Waals surface area contributed by atoms with Crippen molar-refractivity contribution in [2.45, 2.75) is 18.9 Å². The van der Waals surface area contributed by atoms with Gasteiger partial charge in [-0.3, -0.25) is 4.79 Å². The first-order chi connectivity index (χ1) is 16.1. The van der Waals surface area contributed by atoms with Crippen molar-refractivity contribution in [1.29, 1.82) is 0 Å². The van der Waals surface area contributed by atoms with E-state index in [0.717, 1.165) is 35.2 Å². The number of carbonyl (C=O) groups is 1. The molecule has 0 bridgehead atoms. The van der Waals surface area contributed by atoms with Crippen molar-refractivity contribution in [1.82, 2.24) is 9.88 Å². The van der Waals surface area contributed by atoms with Gasteiger partial charge < -0.3 is 18.8 Å². The van der Waals surface area contributed by atoms with Gasteiger partial charge in [0.05, 0.1) is 7.11 Å². The first kappa shape index (κ1) is 21.3. The Morgan fingerprint density at radius 2 is 1.97 bits per heavy atom. The van der Waals surface area contributed by atoms with E-state index in [0.29, 0.717) is 28.8 Å². The van der Waals surface area contributed by atoms with Gasteiger partial charge in [0.1, 0.15) is 23.1 Å². The fourth-order valence-corrected chi connectivity index (χ4v) is 4.35. The SMILES string of the molecule is COc1ccccc1-c1ccc2oc(C3CCCN3C(=O)COc3ccc(Cl)cc3)nc2c1. The summed E-state index contributed by atoms with van der Waals surface area (Å²) in [6, 6.07) is 20.5. The summed E-state index contributed by atoms with van der Waals surface area (Å²) in [6.07, 6.45) is 1.70. The number of rotatable bonds is 6. The van der Waals surface area contributed by atoms with E-state index in [2.05, 4.69) is 0 Å². The third-order valence-corrected chi connectivity index (χ3v) is 6.11. The fourth-order valence-electron chi connectivity index (χ4n) is 4.22. The molecule has 5 rings (SSSR count). The first-order valence-corrected chi connectivity index (χ1v) is 11.2. The highest BCUT2D eigenvalue weighted by atomic mass is 35.5. The molecule has 1 saturated heterocycles. The summed E-state index contributed by atoms with van der Waals surface area (Å²) in [7, 11) is 1.66. The second-order valence-electron chi connectivity index (χ2n) is 7.92. The van der Waals surface area contributed by atoms with Crippen molar-refractivity contribution in [3.05, 3.63) is 77.6 Å². The minimum atomic E-state index is -0.201. The number of fused-ring (bicyclic) bond motifs is 1. The number of hydrogen-bond donors (Lipinski definition) is 0. The molecule has 4 aromatic rings. The Labute approximate surface area is 196 Å². The molecule has 1 unspecified atom stereocenters. The minimum absolute atomic E-state index is 0.0453. The number of carbonyl (C=O) groups excluding carboxylic acids is 1. The van der Waals surface area contributed by atoms with E-state index in [1.54, 1.807) is 36.3 Å². The maximum atomic E-state index is 12.9. The number of ether oxygens (including phenoxy) is 2. The normalized spacial score (nSPS) is 15.7. The minimum Gasteiger partial charge on any atom is -0.496 e. The first-order valence-electron chi connectivity index (χ1n) is 10.8. The van der Waals surface area contributed by atoms with Gasteiger partial charge in [0, 0.05) is 17.1 Å². The van der Waals surface area contributed by atoms with Crippen molar-refractivity contribution >= 4 is 28.6 Å². The van der Waals surface area contributed by atoms with Crippen molar-refractivity contribution in [3.63, 3.8) is 0 Å². The van der Waals surface area contributed by atoms with Crippen LogP contribution in [0.15, 0.2) is 71.1 Å². The highest BCUT2D eigenvalue weighted by Gasteiger charge is 2.33. The van der Waals surface area contributed by atoms with E-state index >= 15 is 0 Å². The maximum Gasteiger partial charge on any atom is 0.261 e. The number of hydrogen-bond acceptors (Lipinski definition) is 5. The maximum absolute atomic E-state index is 12.9. The van der Waals surface area contributed by atoms with Gasteiger partial charge in [-0.15, -0.1) is 0 Å². The molecule has 0 N–H and O–H groups in total. The van der Waals surface area contributed by atoms with Gasteiger partial charge in [-0.2, -0.15) is 0 Å². The zero-order valence-electron chi connectivity index (χ0n) is 18.2. The number of halogens is 1. The molecule has 3 aromatic carbocycles. The number of nitrogens with zero attached hydrogens (tertiary/aromatic N) is 2. The van der Waals surface area contributed by atoms with Crippen LogP contribution in [0.25, 0.3) is 22.2 Å². The summed E-state index contributed by atoms with van der Waals surface area (Å²) in [6.45, 7) is 0.606. The molecule has 1 aliphatic heterocycles. The van der Waals surface area contributed by atoms with Gasteiger partial charge in [-0.25, -0.2) is 4.98 Å². The number of amides is 1. The number of benzene rings is 3. The number of likely N-dealkylation sites (tertiary alicyclic amines) is 1. The third-order valence-electron chi connectivity index (χ3n) is 5.86. The number of aromatic nitrogens is 1. The molecule has 1 aliphatic rings. The van der Waals surface area contributed by atoms with E-state index in [1.807, 2.05) is 42.5 Å². The van der Waals surface area contributed by atoms with Gasteiger partial charge in [0.15, 0.2) is 12.2 Å². The van der Waals surface area contributed by atoms with E-state index in [9.17, 15) is 4.79 Å². The molecule has 1 aromatic heterocycles. The lowest BCUT2D eigenvalue weighted by Gasteiger charge is -2.22. The molecule has 0 radical (unpaired) electrons. The molecule has 1 amide bonds. The molecule has 1 atom stereocenters. The number of oxazole rings is 1. The van der Waals surface area contributed by atoms with Crippen molar-refractivity contribution < 1.29 is 18.7 Å². The summed E-state index contributed by atoms with van der Waals surface area (Å²) in [5.74, 6) is 1.87. The Morgan fingerprint density at radius 1 is 1.15 bits per heavy atom. The Balaban J connectivity index is 1.35. The van der Waals surface area contributed by atoms with Gasteiger partial charge in [0.2, 0.25) is 5.89 Å². The van der Waals surface area contributed by atoms with Crippen molar-refractivity contribution in [2.24, 2.45) is 0 Å². The highest BCUT2D eigenvalue weighted by Crippen LogP contribution is 2.36. The lowest BCUT2D eigenvalue weighted by atomic mass is 10.0. The molecule has 33 heavy (non-hydrogen) atoms. The average molecular weight is 463 g/mol. The Bertz CT molecular complexity index is 1290. The molecule has 6 nitrogen and oxygen atoms in total. The third kappa shape index (κ3) is 4.39. The van der Waals surface area contributed by atoms with Crippen LogP contribution < -0.4 is 9.47 Å². The van der Waals surface area contributed by atoms with Crippen LogP contribution in [0, 0.1) is 0 Å². The fraction of sp³-hybridized carbons (Fsp3) is 0.231. The molecule has 2 heterocycles. The summed E-state index contributed by atoms with van der Waals surface area (Å²) in [5, 5.41) is 0.623. The lowest BCUT2D eigenvalue weighted by molar-refractivity contribution is -0.134. The summed E-state index contributed by atoms with van der Waals surface area (Å²) in [5.41, 5.74) is 3.43. The Hall–Kier alpha value is -3.51. The van der Waals surface area contributed by atoms with E-state index in [-0.39, 0.29) is 18.6 Å². The molecular formula is C26H23ClN2O4. The lowest BCUT2D eigenvalue weighted by Crippen LogP contribution is -2.34. The Morgan fingerprint density at radius 3 is 2.79 bits per heavy atom. The molecule has 7 heteroatoms. The zero-order chi connectivity index (χ0) is 22.8. The topological polar surface area (TPSA) is 64.8 Å². The van der Waals surface area contributed by atoms with Gasteiger partial charge in [-0.1, -0.05) is 35.9 Å². The highest BCUT2D eigenvalue weighted by molar-refractivity contribution is 6.30. The number of methoxy groups -OCH3 is 1. The Kier molecular flexibility index (Phi) is 5.92. The molecule has 0 saturated carbocycles. The van der Waals surface area contributed by atoms with Gasteiger partial charge in [-0.05, 0) is 60.9 Å².